The van der Waals surface area contributed by atoms with Gasteiger partial charge in [0.05, 0.1) is 13.2 Å². The summed E-state index contributed by atoms with van der Waals surface area (Å²) >= 11 is 0. The Labute approximate surface area is 127 Å². The summed E-state index contributed by atoms with van der Waals surface area (Å²) in [4.78, 5) is 12.8. The first-order valence-electron chi connectivity index (χ1n) is 7.21. The summed E-state index contributed by atoms with van der Waals surface area (Å²) in [5.74, 6) is 0.873. The zero-order valence-electron chi connectivity index (χ0n) is 12.5. The fourth-order valence-electron chi connectivity index (χ4n) is 3.06. The number of rotatable bonds is 1. The van der Waals surface area contributed by atoms with Crippen LogP contribution in [0.4, 0.5) is 0 Å². The van der Waals surface area contributed by atoms with E-state index < -0.39 is 0 Å². The van der Waals surface area contributed by atoms with Crippen molar-refractivity contribution in [1.29, 1.82) is 0 Å². The molecule has 0 aliphatic carbocycles. The lowest BCUT2D eigenvalue weighted by molar-refractivity contribution is -0.650. The standard InChI is InChI=1S/C18H16N3O/c1-19-10-11-21-16(12-19)20(2)17(18(21)22)15-9-5-7-13-6-3-4-8-14(13)15/h3-12H,1-2H3/q+1. The molecule has 0 radical (unpaired) electrons. The molecule has 0 saturated carbocycles. The highest BCUT2D eigenvalue weighted by molar-refractivity contribution is 5.95. The van der Waals surface area contributed by atoms with E-state index in [1.807, 2.05) is 66.1 Å². The van der Waals surface area contributed by atoms with E-state index in [1.54, 1.807) is 4.57 Å². The monoisotopic (exact) mass is 290 g/mol. The van der Waals surface area contributed by atoms with Gasteiger partial charge in [0.2, 0.25) is 5.69 Å². The van der Waals surface area contributed by atoms with Crippen molar-refractivity contribution >= 4 is 10.8 Å². The molecular formula is C18H16N3O+. The van der Waals surface area contributed by atoms with Crippen molar-refractivity contribution in [3.8, 4) is 17.1 Å². The summed E-state index contributed by atoms with van der Waals surface area (Å²) in [6, 6.07) is 14.2. The number of hydrogen-bond donors (Lipinski definition) is 0. The Bertz CT molecular complexity index is 1020. The molecule has 0 bridgehead atoms. The van der Waals surface area contributed by atoms with Crippen LogP contribution in [0.5, 0.6) is 0 Å². The third kappa shape index (κ3) is 1.70. The van der Waals surface area contributed by atoms with Crippen LogP contribution in [0, 0.1) is 0 Å². The average Bonchev–Trinajstić information content (AvgIpc) is 2.78. The molecule has 0 amide bonds. The van der Waals surface area contributed by atoms with Gasteiger partial charge >= 0.3 is 11.4 Å². The maximum atomic E-state index is 12.8. The van der Waals surface area contributed by atoms with Crippen molar-refractivity contribution < 1.29 is 4.57 Å². The molecule has 22 heavy (non-hydrogen) atoms. The van der Waals surface area contributed by atoms with E-state index in [4.69, 9.17) is 0 Å². The molecule has 0 spiro atoms. The summed E-state index contributed by atoms with van der Waals surface area (Å²) in [6.07, 6.45) is 5.64. The van der Waals surface area contributed by atoms with E-state index >= 15 is 0 Å². The summed E-state index contributed by atoms with van der Waals surface area (Å²) in [5.41, 5.74) is 1.69. The minimum atomic E-state index is 0.00875. The van der Waals surface area contributed by atoms with Gasteiger partial charge in [-0.2, -0.15) is 4.57 Å². The Morgan fingerprint density at radius 3 is 2.64 bits per heavy atom. The molecule has 0 unspecified atom stereocenters. The molecule has 2 aliphatic heterocycles. The third-order valence-electron chi connectivity index (χ3n) is 4.16. The van der Waals surface area contributed by atoms with Crippen molar-refractivity contribution in [2.24, 2.45) is 14.1 Å². The van der Waals surface area contributed by atoms with Crippen molar-refractivity contribution in [3.05, 3.63) is 71.4 Å². The van der Waals surface area contributed by atoms with Gasteiger partial charge in [-0.1, -0.05) is 36.4 Å². The van der Waals surface area contributed by atoms with Gasteiger partial charge in [0, 0.05) is 18.8 Å². The maximum Gasteiger partial charge on any atom is 0.386 e. The van der Waals surface area contributed by atoms with Crippen molar-refractivity contribution in [3.63, 3.8) is 0 Å². The quantitative estimate of drug-likeness (QED) is 0.495. The van der Waals surface area contributed by atoms with Crippen LogP contribution in [0.2, 0.25) is 0 Å². The lowest BCUT2D eigenvalue weighted by Gasteiger charge is -2.03. The number of benzene rings is 2. The highest BCUT2D eigenvalue weighted by Gasteiger charge is 2.28. The first kappa shape index (κ1) is 12.8. The van der Waals surface area contributed by atoms with Crippen LogP contribution in [0.3, 0.4) is 0 Å². The molecule has 2 aromatic carbocycles. The Kier molecular flexibility index (Phi) is 2.66. The zero-order chi connectivity index (χ0) is 15.3. The number of aryl methyl sites for hydroxylation is 1. The predicted molar refractivity (Wildman–Crippen MR) is 86.3 cm³/mol. The fraction of sp³-hybridized carbons (Fsp3) is 0.111. The van der Waals surface area contributed by atoms with Gasteiger partial charge in [-0.05, 0) is 16.8 Å². The highest BCUT2D eigenvalue weighted by Crippen LogP contribution is 2.25. The van der Waals surface area contributed by atoms with Gasteiger partial charge in [0.15, 0.2) is 0 Å². The SMILES string of the molecule is Cn1ccn2c(=O)c(-c3cccc4ccccc34)[n+](C)c-2c1. The second kappa shape index (κ2) is 4.56. The molecule has 2 heterocycles. The van der Waals surface area contributed by atoms with E-state index in [9.17, 15) is 4.79 Å². The Morgan fingerprint density at radius 2 is 1.77 bits per heavy atom. The van der Waals surface area contributed by atoms with Crippen molar-refractivity contribution in [2.75, 3.05) is 0 Å². The van der Waals surface area contributed by atoms with Crippen LogP contribution >= 0.6 is 0 Å². The zero-order valence-corrected chi connectivity index (χ0v) is 12.5. The normalized spacial score (nSPS) is 11.4. The highest BCUT2D eigenvalue weighted by atomic mass is 16.1. The van der Waals surface area contributed by atoms with Crippen LogP contribution in [0.15, 0.2) is 65.8 Å². The van der Waals surface area contributed by atoms with Gasteiger partial charge < -0.3 is 4.57 Å². The molecule has 2 aliphatic rings. The Balaban J connectivity index is 2.14. The second-order valence-electron chi connectivity index (χ2n) is 5.56. The molecule has 4 heteroatoms. The molecule has 0 fully saturated rings. The van der Waals surface area contributed by atoms with E-state index in [0.717, 1.165) is 22.2 Å². The number of fused-ring (bicyclic) bond motifs is 2. The Hall–Kier alpha value is -2.88. The summed E-state index contributed by atoms with van der Waals surface area (Å²) in [6.45, 7) is 0. The van der Waals surface area contributed by atoms with Crippen LogP contribution in [0.1, 0.15) is 0 Å². The molecule has 2 aromatic rings. The van der Waals surface area contributed by atoms with Crippen LogP contribution < -0.4 is 10.1 Å². The van der Waals surface area contributed by atoms with E-state index in [1.165, 1.54) is 0 Å². The predicted octanol–water partition coefficient (Wildman–Crippen LogP) is 2.26. The van der Waals surface area contributed by atoms with E-state index in [-0.39, 0.29) is 5.56 Å². The van der Waals surface area contributed by atoms with Gasteiger partial charge in [-0.15, -0.1) is 0 Å². The van der Waals surface area contributed by atoms with Gasteiger partial charge in [0.1, 0.15) is 6.20 Å². The maximum absolute atomic E-state index is 12.8. The van der Waals surface area contributed by atoms with Gasteiger partial charge in [0.25, 0.3) is 0 Å². The lowest BCUT2D eigenvalue weighted by atomic mass is 10.0. The van der Waals surface area contributed by atoms with Crippen LogP contribution in [-0.4, -0.2) is 9.13 Å². The topological polar surface area (TPSA) is 30.8 Å². The van der Waals surface area contributed by atoms with Gasteiger partial charge in [-0.25, -0.2) is 9.36 Å². The number of aromatic nitrogens is 3. The molecule has 0 saturated heterocycles. The largest absolute Gasteiger partial charge is 0.386 e. The molecular weight excluding hydrogens is 274 g/mol. The number of hydrogen-bond acceptors (Lipinski definition) is 1. The third-order valence-corrected chi connectivity index (χ3v) is 4.16. The summed E-state index contributed by atoms with van der Waals surface area (Å²) in [5, 5.41) is 2.23. The van der Waals surface area contributed by atoms with Gasteiger partial charge in [-0.3, -0.25) is 0 Å². The first-order valence-corrected chi connectivity index (χ1v) is 7.21. The molecule has 0 atom stereocenters. The second-order valence-corrected chi connectivity index (χ2v) is 5.56. The molecule has 4 nitrogen and oxygen atoms in total. The average molecular weight is 290 g/mol. The van der Waals surface area contributed by atoms with Crippen LogP contribution in [0.25, 0.3) is 27.8 Å². The molecule has 4 rings (SSSR count). The summed E-state index contributed by atoms with van der Waals surface area (Å²) in [7, 11) is 3.89. The molecule has 0 aromatic heterocycles. The van der Waals surface area contributed by atoms with Crippen LogP contribution in [-0.2, 0) is 14.1 Å². The number of nitrogens with zero attached hydrogens (tertiary/aromatic N) is 3. The smallest absolute Gasteiger partial charge is 0.347 e. The minimum Gasteiger partial charge on any atom is -0.347 e. The van der Waals surface area contributed by atoms with E-state index in [0.29, 0.717) is 5.69 Å². The lowest BCUT2D eigenvalue weighted by Crippen LogP contribution is -2.32. The van der Waals surface area contributed by atoms with E-state index in [2.05, 4.69) is 18.2 Å². The minimum absolute atomic E-state index is 0.00875. The first-order chi connectivity index (χ1) is 10.7. The van der Waals surface area contributed by atoms with Crippen molar-refractivity contribution in [1.82, 2.24) is 9.13 Å². The Morgan fingerprint density at radius 1 is 1.00 bits per heavy atom. The molecule has 0 N–H and O–H groups in total. The number of imidazole rings is 1. The fourth-order valence-corrected chi connectivity index (χ4v) is 3.06. The molecule has 108 valence electrons. The van der Waals surface area contributed by atoms with Crippen molar-refractivity contribution in [2.45, 2.75) is 0 Å². The summed E-state index contributed by atoms with van der Waals surface area (Å²) < 4.78 is 5.60.